The monoisotopic (exact) mass is 200 g/mol. The van der Waals surface area contributed by atoms with Gasteiger partial charge < -0.3 is 21.7 Å². The fourth-order valence-corrected chi connectivity index (χ4v) is 1.03. The van der Waals surface area contributed by atoms with E-state index in [4.69, 9.17) is 11.5 Å². The number of carbonyl (C=O) groups is 1. The number of anilines is 1. The number of primary amides is 1. The summed E-state index contributed by atoms with van der Waals surface area (Å²) in [5, 5.41) is 24.8. The Balaban J connectivity index is 2.65. The highest BCUT2D eigenvalue weighted by atomic mass is 16.3. The third-order valence-corrected chi connectivity index (χ3v) is 1.71. The van der Waals surface area contributed by atoms with E-state index in [1.807, 2.05) is 0 Å². The smallest absolute Gasteiger partial charge is 0.220 e. The Labute approximate surface area is 79.7 Å². The van der Waals surface area contributed by atoms with E-state index in [2.05, 4.69) is 10.2 Å². The number of nitrogen functional groups attached to an aromatic ring is 1. The van der Waals surface area contributed by atoms with Crippen LogP contribution in [0.15, 0.2) is 6.07 Å². The molecule has 1 aromatic rings. The molecule has 1 aromatic heterocycles. The van der Waals surface area contributed by atoms with E-state index in [0.29, 0.717) is 0 Å². The van der Waals surface area contributed by atoms with E-state index >= 15 is 0 Å². The Hall–Kier alpha value is -1.60. The van der Waals surface area contributed by atoms with Crippen LogP contribution in [0.3, 0.4) is 0 Å². The minimum absolute atomic E-state index is 0.199. The molecular formula is C7H12N4O3. The van der Waals surface area contributed by atoms with Crippen molar-refractivity contribution in [1.29, 1.82) is 0 Å². The third-order valence-electron chi connectivity index (χ3n) is 1.71. The first-order valence-electron chi connectivity index (χ1n) is 3.96. The summed E-state index contributed by atoms with van der Waals surface area (Å²) in [5.74, 6) is -0.491. The Morgan fingerprint density at radius 2 is 2.29 bits per heavy atom. The number of aromatic nitrogens is 2. The molecule has 0 radical (unpaired) electrons. The van der Waals surface area contributed by atoms with Crippen LogP contribution in [-0.2, 0) is 4.79 Å². The van der Waals surface area contributed by atoms with E-state index in [1.54, 1.807) is 0 Å². The van der Waals surface area contributed by atoms with Crippen LogP contribution in [0.5, 0.6) is 0 Å². The number of nitrogens with zero attached hydrogens (tertiary/aromatic N) is 1. The minimum Gasteiger partial charge on any atom is -0.389 e. The normalized spacial score (nSPS) is 15.0. The summed E-state index contributed by atoms with van der Waals surface area (Å²) in [6, 6.07) is 1.37. The van der Waals surface area contributed by atoms with Crippen LogP contribution in [-0.4, -0.2) is 32.4 Å². The molecule has 1 amide bonds. The van der Waals surface area contributed by atoms with E-state index in [1.165, 1.54) is 6.07 Å². The zero-order valence-electron chi connectivity index (χ0n) is 7.34. The summed E-state index contributed by atoms with van der Waals surface area (Å²) >= 11 is 0. The van der Waals surface area contributed by atoms with Gasteiger partial charge in [-0.1, -0.05) is 0 Å². The van der Waals surface area contributed by atoms with Crippen molar-refractivity contribution in [2.75, 3.05) is 5.73 Å². The van der Waals surface area contributed by atoms with Gasteiger partial charge in [-0.2, -0.15) is 5.10 Å². The molecule has 0 fully saturated rings. The van der Waals surface area contributed by atoms with E-state index in [0.717, 1.165) is 0 Å². The number of nitrogens with one attached hydrogen (secondary N) is 1. The molecule has 0 aliphatic heterocycles. The van der Waals surface area contributed by atoms with Crippen molar-refractivity contribution in [3.63, 3.8) is 0 Å². The van der Waals surface area contributed by atoms with Crippen LogP contribution in [0, 0.1) is 0 Å². The second-order valence-corrected chi connectivity index (χ2v) is 2.93. The van der Waals surface area contributed by atoms with Crippen LogP contribution < -0.4 is 11.5 Å². The maximum atomic E-state index is 10.5. The molecule has 1 rings (SSSR count). The van der Waals surface area contributed by atoms with Gasteiger partial charge in [0.25, 0.3) is 0 Å². The Bertz CT molecular complexity index is 324. The second-order valence-electron chi connectivity index (χ2n) is 2.93. The number of aliphatic hydroxyl groups excluding tert-OH is 2. The van der Waals surface area contributed by atoms with Gasteiger partial charge in [0.15, 0.2) is 0 Å². The molecule has 0 aliphatic carbocycles. The highest BCUT2D eigenvalue weighted by molar-refractivity contribution is 5.74. The van der Waals surface area contributed by atoms with Crippen molar-refractivity contribution >= 4 is 11.7 Å². The topological polar surface area (TPSA) is 138 Å². The van der Waals surface area contributed by atoms with Crippen molar-refractivity contribution in [1.82, 2.24) is 10.2 Å². The number of rotatable bonds is 4. The molecule has 0 aromatic carbocycles. The van der Waals surface area contributed by atoms with Crippen LogP contribution in [0.4, 0.5) is 5.82 Å². The van der Waals surface area contributed by atoms with Gasteiger partial charge in [0.1, 0.15) is 11.9 Å². The summed E-state index contributed by atoms with van der Waals surface area (Å²) in [5.41, 5.74) is 10.4. The van der Waals surface area contributed by atoms with Gasteiger partial charge in [0.2, 0.25) is 5.91 Å². The molecular weight excluding hydrogens is 188 g/mol. The van der Waals surface area contributed by atoms with Gasteiger partial charge in [-0.05, 0) is 0 Å². The standard InChI is InChI=1S/C7H12N4O3/c8-5-1-3(10-11-5)7(14)4(12)2-6(9)13/h1,4,7,12,14H,2H2,(H2,9,13)(H3,8,10,11). The lowest BCUT2D eigenvalue weighted by atomic mass is 10.1. The Kier molecular flexibility index (Phi) is 3.05. The summed E-state index contributed by atoms with van der Waals surface area (Å²) in [6.45, 7) is 0. The quantitative estimate of drug-likeness (QED) is 0.392. The lowest BCUT2D eigenvalue weighted by molar-refractivity contribution is -0.121. The van der Waals surface area contributed by atoms with Crippen LogP contribution in [0.1, 0.15) is 18.2 Å². The van der Waals surface area contributed by atoms with Gasteiger partial charge in [-0.25, -0.2) is 0 Å². The zero-order valence-corrected chi connectivity index (χ0v) is 7.34. The van der Waals surface area contributed by atoms with Crippen molar-refractivity contribution < 1.29 is 15.0 Å². The molecule has 2 atom stereocenters. The zero-order chi connectivity index (χ0) is 10.7. The van der Waals surface area contributed by atoms with Gasteiger partial charge in [0.05, 0.1) is 18.2 Å². The number of carbonyl (C=O) groups excluding carboxylic acids is 1. The highest BCUT2D eigenvalue weighted by Gasteiger charge is 2.21. The molecule has 1 heterocycles. The van der Waals surface area contributed by atoms with Crippen LogP contribution in [0.2, 0.25) is 0 Å². The average Bonchev–Trinajstić information content (AvgIpc) is 2.49. The van der Waals surface area contributed by atoms with E-state index in [-0.39, 0.29) is 17.9 Å². The number of amides is 1. The fraction of sp³-hybridized carbons (Fsp3) is 0.429. The van der Waals surface area contributed by atoms with Crippen molar-refractivity contribution in [2.45, 2.75) is 18.6 Å². The molecule has 7 N–H and O–H groups in total. The van der Waals surface area contributed by atoms with E-state index in [9.17, 15) is 15.0 Å². The molecule has 14 heavy (non-hydrogen) atoms. The maximum absolute atomic E-state index is 10.5. The first kappa shape index (κ1) is 10.5. The molecule has 0 spiro atoms. The Morgan fingerprint density at radius 3 is 2.71 bits per heavy atom. The number of aromatic amines is 1. The molecule has 78 valence electrons. The van der Waals surface area contributed by atoms with Gasteiger partial charge in [-0.3, -0.25) is 9.89 Å². The number of hydrogen-bond donors (Lipinski definition) is 5. The molecule has 0 saturated carbocycles. The largest absolute Gasteiger partial charge is 0.389 e. The summed E-state index contributed by atoms with van der Waals surface area (Å²) in [6.07, 6.45) is -2.82. The third kappa shape index (κ3) is 2.44. The first-order chi connectivity index (χ1) is 6.50. The number of hydrogen-bond acceptors (Lipinski definition) is 5. The SMILES string of the molecule is NC(=O)CC(O)C(O)c1cc(N)n[nH]1. The number of H-pyrrole nitrogens is 1. The minimum atomic E-state index is -1.26. The lowest BCUT2D eigenvalue weighted by Crippen LogP contribution is -2.25. The van der Waals surface area contributed by atoms with Gasteiger partial charge in [-0.15, -0.1) is 0 Å². The summed E-state index contributed by atoms with van der Waals surface area (Å²) < 4.78 is 0. The molecule has 7 heteroatoms. The summed E-state index contributed by atoms with van der Waals surface area (Å²) in [7, 11) is 0. The fourth-order valence-electron chi connectivity index (χ4n) is 1.03. The molecule has 0 bridgehead atoms. The molecule has 0 saturated heterocycles. The van der Waals surface area contributed by atoms with E-state index < -0.39 is 18.1 Å². The van der Waals surface area contributed by atoms with Crippen LogP contribution >= 0.6 is 0 Å². The lowest BCUT2D eigenvalue weighted by Gasteiger charge is -2.14. The second kappa shape index (κ2) is 4.07. The predicted molar refractivity (Wildman–Crippen MR) is 47.8 cm³/mol. The van der Waals surface area contributed by atoms with Crippen molar-refractivity contribution in [2.24, 2.45) is 5.73 Å². The predicted octanol–water partition coefficient (Wildman–Crippen LogP) is -1.74. The average molecular weight is 200 g/mol. The summed E-state index contributed by atoms with van der Waals surface area (Å²) in [4.78, 5) is 10.5. The molecule has 2 unspecified atom stereocenters. The van der Waals surface area contributed by atoms with Crippen molar-refractivity contribution in [3.05, 3.63) is 11.8 Å². The highest BCUT2D eigenvalue weighted by Crippen LogP contribution is 2.17. The van der Waals surface area contributed by atoms with Gasteiger partial charge >= 0.3 is 0 Å². The molecule has 0 aliphatic rings. The molecule has 7 nitrogen and oxygen atoms in total. The number of aliphatic hydroxyl groups is 2. The Morgan fingerprint density at radius 1 is 1.64 bits per heavy atom. The van der Waals surface area contributed by atoms with Crippen LogP contribution in [0.25, 0.3) is 0 Å². The van der Waals surface area contributed by atoms with Crippen molar-refractivity contribution in [3.8, 4) is 0 Å². The van der Waals surface area contributed by atoms with Gasteiger partial charge in [0, 0.05) is 6.07 Å². The number of nitrogens with two attached hydrogens (primary N) is 2. The maximum Gasteiger partial charge on any atom is 0.220 e. The first-order valence-corrected chi connectivity index (χ1v) is 3.96.